The lowest BCUT2D eigenvalue weighted by Gasteiger charge is -2.20. The highest BCUT2D eigenvalue weighted by Crippen LogP contribution is 2.19. The second kappa shape index (κ2) is 5.73. The van der Waals surface area contributed by atoms with Gasteiger partial charge in [0, 0.05) is 11.0 Å². The lowest BCUT2D eigenvalue weighted by Crippen LogP contribution is -2.43. The second-order valence-corrected chi connectivity index (χ2v) is 5.00. The average molecular weight is 324 g/mol. The molecule has 1 atom stereocenters. The zero-order valence-corrected chi connectivity index (χ0v) is 11.1. The average Bonchev–Trinajstić information content (AvgIpc) is 2.25. The van der Waals surface area contributed by atoms with Crippen molar-refractivity contribution >= 4 is 21.8 Å². The Morgan fingerprint density at radius 3 is 2.39 bits per heavy atom. The van der Waals surface area contributed by atoms with E-state index in [1.807, 2.05) is 0 Å². The van der Waals surface area contributed by atoms with Gasteiger partial charge in [-0.05, 0) is 19.1 Å². The van der Waals surface area contributed by atoms with Crippen LogP contribution in [0.15, 0.2) is 16.6 Å². The largest absolute Gasteiger partial charge is 0.393 e. The number of benzene rings is 1. The van der Waals surface area contributed by atoms with E-state index in [2.05, 4.69) is 21.2 Å². The molecule has 1 aromatic rings. The minimum Gasteiger partial charge on any atom is -0.393 e. The monoisotopic (exact) mass is 323 g/mol. The molecule has 0 radical (unpaired) electrons. The van der Waals surface area contributed by atoms with E-state index in [0.717, 1.165) is 12.1 Å². The van der Waals surface area contributed by atoms with E-state index < -0.39 is 35.3 Å². The van der Waals surface area contributed by atoms with Crippen LogP contribution in [0.3, 0.4) is 0 Å². The van der Waals surface area contributed by atoms with Crippen LogP contribution in [0.2, 0.25) is 0 Å². The minimum atomic E-state index is -1.54. The van der Waals surface area contributed by atoms with Gasteiger partial charge in [-0.2, -0.15) is 0 Å². The van der Waals surface area contributed by atoms with Gasteiger partial charge in [0.15, 0.2) is 0 Å². The third-order valence-electron chi connectivity index (χ3n) is 2.20. The van der Waals surface area contributed by atoms with Crippen molar-refractivity contribution in [1.29, 1.82) is 0 Å². The summed E-state index contributed by atoms with van der Waals surface area (Å²) in [7, 11) is 0. The normalized spacial score (nSPS) is 14.1. The summed E-state index contributed by atoms with van der Waals surface area (Å²) >= 11 is 2.89. The highest BCUT2D eigenvalue weighted by Gasteiger charge is 2.23. The van der Waals surface area contributed by atoms with Gasteiger partial charge in [0.1, 0.15) is 22.8 Å². The Balaban J connectivity index is 2.86. The molecule has 4 nitrogen and oxygen atoms in total. The molecule has 100 valence electrons. The summed E-state index contributed by atoms with van der Waals surface area (Å²) in [4.78, 5) is 11.6. The maximum Gasteiger partial charge on any atom is 0.257 e. The van der Waals surface area contributed by atoms with E-state index >= 15 is 0 Å². The van der Waals surface area contributed by atoms with Crippen molar-refractivity contribution in [3.63, 3.8) is 0 Å². The molecule has 0 bridgehead atoms. The van der Waals surface area contributed by atoms with Crippen molar-refractivity contribution in [3.05, 3.63) is 33.8 Å². The van der Waals surface area contributed by atoms with E-state index in [-0.39, 0.29) is 11.0 Å². The number of halogens is 3. The van der Waals surface area contributed by atoms with E-state index in [1.165, 1.54) is 6.92 Å². The fourth-order valence-electron chi connectivity index (χ4n) is 1.17. The van der Waals surface area contributed by atoms with Crippen molar-refractivity contribution in [2.24, 2.45) is 0 Å². The standard InChI is InChI=1S/C11H12BrF2NO3/c1-11(18,5-16)4-15-10(17)9-7(13)2-6(12)3-8(9)14/h2-3,16,18H,4-5H2,1H3,(H,15,17). The van der Waals surface area contributed by atoms with Crippen LogP contribution in [-0.4, -0.2) is 34.9 Å². The van der Waals surface area contributed by atoms with Gasteiger partial charge in [0.2, 0.25) is 0 Å². The van der Waals surface area contributed by atoms with Crippen LogP contribution < -0.4 is 5.32 Å². The number of hydrogen-bond acceptors (Lipinski definition) is 3. The predicted octanol–water partition coefficient (Wildman–Crippen LogP) is 1.20. The number of carbonyl (C=O) groups is 1. The molecule has 3 N–H and O–H groups in total. The van der Waals surface area contributed by atoms with E-state index in [1.54, 1.807) is 0 Å². The molecule has 0 fully saturated rings. The quantitative estimate of drug-likeness (QED) is 0.780. The Labute approximate surface area is 111 Å². The SMILES string of the molecule is CC(O)(CO)CNC(=O)c1c(F)cc(Br)cc1F. The molecule has 18 heavy (non-hydrogen) atoms. The van der Waals surface area contributed by atoms with E-state index in [4.69, 9.17) is 5.11 Å². The Kier molecular flexibility index (Phi) is 4.78. The third kappa shape index (κ3) is 3.72. The zero-order valence-electron chi connectivity index (χ0n) is 9.51. The molecule has 1 unspecified atom stereocenters. The number of nitrogens with one attached hydrogen (secondary N) is 1. The molecule has 1 aromatic carbocycles. The summed E-state index contributed by atoms with van der Waals surface area (Å²) in [5, 5.41) is 20.4. The van der Waals surface area contributed by atoms with Gasteiger partial charge in [-0.3, -0.25) is 4.79 Å². The number of amides is 1. The molecule has 1 amide bonds. The van der Waals surface area contributed by atoms with Crippen LogP contribution in [-0.2, 0) is 0 Å². The first-order chi connectivity index (χ1) is 8.26. The molecule has 0 aliphatic heterocycles. The Morgan fingerprint density at radius 1 is 1.44 bits per heavy atom. The van der Waals surface area contributed by atoms with Gasteiger partial charge in [-0.1, -0.05) is 15.9 Å². The smallest absolute Gasteiger partial charge is 0.257 e. The first-order valence-electron chi connectivity index (χ1n) is 5.03. The van der Waals surface area contributed by atoms with Crippen molar-refractivity contribution in [1.82, 2.24) is 5.32 Å². The fraction of sp³-hybridized carbons (Fsp3) is 0.364. The first kappa shape index (κ1) is 15.0. The molecular weight excluding hydrogens is 312 g/mol. The molecule has 0 aliphatic rings. The molecule has 0 heterocycles. The maximum absolute atomic E-state index is 13.4. The van der Waals surface area contributed by atoms with Crippen molar-refractivity contribution in [2.75, 3.05) is 13.2 Å². The molecule has 0 spiro atoms. The summed E-state index contributed by atoms with van der Waals surface area (Å²) in [6.07, 6.45) is 0. The fourth-order valence-corrected chi connectivity index (χ4v) is 1.58. The zero-order chi connectivity index (χ0) is 13.9. The van der Waals surface area contributed by atoms with Crippen LogP contribution in [0, 0.1) is 11.6 Å². The van der Waals surface area contributed by atoms with Crippen molar-refractivity contribution in [3.8, 4) is 0 Å². The minimum absolute atomic E-state index is 0.177. The van der Waals surface area contributed by atoms with Gasteiger partial charge in [-0.25, -0.2) is 8.78 Å². The van der Waals surface area contributed by atoms with Crippen molar-refractivity contribution < 1.29 is 23.8 Å². The third-order valence-corrected chi connectivity index (χ3v) is 2.66. The number of carbonyl (C=O) groups excluding carboxylic acids is 1. The lowest BCUT2D eigenvalue weighted by molar-refractivity contribution is 0.00313. The second-order valence-electron chi connectivity index (χ2n) is 4.08. The highest BCUT2D eigenvalue weighted by atomic mass is 79.9. The van der Waals surface area contributed by atoms with Gasteiger partial charge in [0.25, 0.3) is 5.91 Å². The maximum atomic E-state index is 13.4. The number of aliphatic hydroxyl groups is 2. The Morgan fingerprint density at radius 2 is 1.94 bits per heavy atom. The molecular formula is C11H12BrF2NO3. The molecule has 0 aliphatic carbocycles. The predicted molar refractivity (Wildman–Crippen MR) is 64.1 cm³/mol. The molecule has 0 saturated heterocycles. The van der Waals surface area contributed by atoms with Gasteiger partial charge in [0.05, 0.1) is 6.61 Å². The lowest BCUT2D eigenvalue weighted by atomic mass is 10.1. The van der Waals surface area contributed by atoms with Crippen LogP contribution in [0.1, 0.15) is 17.3 Å². The summed E-state index contributed by atoms with van der Waals surface area (Å²) in [6.45, 7) is 0.372. The summed E-state index contributed by atoms with van der Waals surface area (Å²) < 4.78 is 27.0. The van der Waals surface area contributed by atoms with E-state index in [9.17, 15) is 18.7 Å². The molecule has 0 saturated carbocycles. The number of hydrogen-bond donors (Lipinski definition) is 3. The Bertz CT molecular complexity index is 443. The summed E-state index contributed by atoms with van der Waals surface area (Å²) in [5.41, 5.74) is -2.27. The number of rotatable bonds is 4. The topological polar surface area (TPSA) is 69.6 Å². The summed E-state index contributed by atoms with van der Waals surface area (Å²) in [6, 6.07) is 1.92. The van der Waals surface area contributed by atoms with Crippen molar-refractivity contribution in [2.45, 2.75) is 12.5 Å². The first-order valence-corrected chi connectivity index (χ1v) is 5.82. The van der Waals surface area contributed by atoms with Crippen LogP contribution in [0.25, 0.3) is 0 Å². The molecule has 0 aromatic heterocycles. The Hall–Kier alpha value is -1.05. The van der Waals surface area contributed by atoms with Crippen LogP contribution in [0.4, 0.5) is 8.78 Å². The van der Waals surface area contributed by atoms with E-state index in [0.29, 0.717) is 0 Å². The highest BCUT2D eigenvalue weighted by molar-refractivity contribution is 9.10. The van der Waals surface area contributed by atoms with Gasteiger partial charge in [-0.15, -0.1) is 0 Å². The molecule has 7 heteroatoms. The number of aliphatic hydroxyl groups excluding tert-OH is 1. The van der Waals surface area contributed by atoms with Crippen LogP contribution in [0.5, 0.6) is 0 Å². The van der Waals surface area contributed by atoms with Gasteiger partial charge >= 0.3 is 0 Å². The summed E-state index contributed by atoms with van der Waals surface area (Å²) in [5.74, 6) is -3.02. The molecule has 1 rings (SSSR count). The van der Waals surface area contributed by atoms with Crippen LogP contribution >= 0.6 is 15.9 Å². The van der Waals surface area contributed by atoms with Gasteiger partial charge < -0.3 is 15.5 Å².